The smallest absolute Gasteiger partial charge is 0.267 e. The number of aliphatic hydroxyl groups is 1. The number of aromatic nitrogens is 2. The third-order valence-corrected chi connectivity index (χ3v) is 5.62. The van der Waals surface area contributed by atoms with E-state index in [9.17, 15) is 14.7 Å². The van der Waals surface area contributed by atoms with Crippen molar-refractivity contribution in [3.05, 3.63) is 41.6 Å². The number of primary amides is 1. The molecule has 2 saturated heterocycles. The number of carbonyl (C=O) groups is 2. The van der Waals surface area contributed by atoms with Crippen LogP contribution in [-0.4, -0.2) is 63.6 Å². The molecule has 3 heterocycles. The maximum absolute atomic E-state index is 12.1. The summed E-state index contributed by atoms with van der Waals surface area (Å²) >= 11 is 0. The topological polar surface area (TPSA) is 113 Å². The lowest BCUT2D eigenvalue weighted by Crippen LogP contribution is -2.46. The molecule has 1 aromatic heterocycles. The highest BCUT2D eigenvalue weighted by atomic mass is 16.3. The van der Waals surface area contributed by atoms with Crippen LogP contribution in [0, 0.1) is 11.8 Å². The quantitative estimate of drug-likeness (QED) is 0.730. The minimum absolute atomic E-state index is 0.152. The SMILES string of the molecule is CC1CCN1c1cc(C(N)=O)nc(-c2cccc(C#CC3(O)CCN(C)C3=O)c2)n1. The zero-order valence-electron chi connectivity index (χ0n) is 16.9. The second-order valence-electron chi connectivity index (χ2n) is 7.80. The van der Waals surface area contributed by atoms with Crippen molar-refractivity contribution < 1.29 is 14.7 Å². The predicted molar refractivity (Wildman–Crippen MR) is 111 cm³/mol. The summed E-state index contributed by atoms with van der Waals surface area (Å²) in [6.07, 6.45) is 1.34. The van der Waals surface area contributed by atoms with E-state index in [0.717, 1.165) is 13.0 Å². The fourth-order valence-corrected chi connectivity index (χ4v) is 3.57. The molecule has 2 aliphatic heterocycles. The fraction of sp³-hybridized carbons (Fsp3) is 0.364. The predicted octanol–water partition coefficient (Wildman–Crippen LogP) is 0.786. The first-order valence-corrected chi connectivity index (χ1v) is 9.84. The zero-order valence-corrected chi connectivity index (χ0v) is 16.9. The van der Waals surface area contributed by atoms with E-state index < -0.39 is 17.4 Å². The molecule has 8 heteroatoms. The second-order valence-corrected chi connectivity index (χ2v) is 7.80. The summed E-state index contributed by atoms with van der Waals surface area (Å²) in [4.78, 5) is 36.4. The number of hydrogen-bond acceptors (Lipinski definition) is 6. The number of likely N-dealkylation sites (N-methyl/N-ethyl adjacent to an activating group) is 1. The third-order valence-electron chi connectivity index (χ3n) is 5.62. The Kier molecular flexibility index (Phi) is 4.92. The number of hydrogen-bond donors (Lipinski definition) is 2. The van der Waals surface area contributed by atoms with Gasteiger partial charge in [0, 0.05) is 49.8 Å². The molecule has 0 saturated carbocycles. The Balaban J connectivity index is 1.68. The number of likely N-dealkylation sites (tertiary alicyclic amines) is 1. The highest BCUT2D eigenvalue weighted by Gasteiger charge is 2.42. The second kappa shape index (κ2) is 7.43. The zero-order chi connectivity index (χ0) is 21.5. The van der Waals surface area contributed by atoms with Crippen LogP contribution in [0.4, 0.5) is 5.82 Å². The van der Waals surface area contributed by atoms with Crippen molar-refractivity contribution in [3.8, 4) is 23.2 Å². The monoisotopic (exact) mass is 405 g/mol. The lowest BCUT2D eigenvalue weighted by atomic mass is 10.0. The van der Waals surface area contributed by atoms with Crippen molar-refractivity contribution in [1.82, 2.24) is 14.9 Å². The van der Waals surface area contributed by atoms with E-state index >= 15 is 0 Å². The van der Waals surface area contributed by atoms with Gasteiger partial charge in [0.1, 0.15) is 11.5 Å². The maximum atomic E-state index is 12.1. The van der Waals surface area contributed by atoms with Crippen LogP contribution in [0.5, 0.6) is 0 Å². The van der Waals surface area contributed by atoms with Gasteiger partial charge in [0.05, 0.1) is 0 Å². The average molecular weight is 405 g/mol. The highest BCUT2D eigenvalue weighted by molar-refractivity contribution is 5.92. The van der Waals surface area contributed by atoms with Gasteiger partial charge >= 0.3 is 0 Å². The molecule has 1 aromatic carbocycles. The Morgan fingerprint density at radius 3 is 2.70 bits per heavy atom. The molecule has 0 spiro atoms. The first-order chi connectivity index (χ1) is 14.3. The van der Waals surface area contributed by atoms with Gasteiger partial charge in [0.15, 0.2) is 5.82 Å². The van der Waals surface area contributed by atoms with Gasteiger partial charge in [-0.05, 0) is 25.5 Å². The molecule has 0 radical (unpaired) electrons. The van der Waals surface area contributed by atoms with Gasteiger partial charge in [0.25, 0.3) is 11.8 Å². The first kappa shape index (κ1) is 19.9. The summed E-state index contributed by atoms with van der Waals surface area (Å²) in [7, 11) is 1.64. The normalized spacial score (nSPS) is 23.0. The van der Waals surface area contributed by atoms with E-state index in [0.29, 0.717) is 35.4 Å². The lowest BCUT2D eigenvalue weighted by Gasteiger charge is -2.39. The summed E-state index contributed by atoms with van der Waals surface area (Å²) in [5, 5.41) is 10.5. The molecule has 2 unspecified atom stereocenters. The van der Waals surface area contributed by atoms with Crippen molar-refractivity contribution >= 4 is 17.6 Å². The number of anilines is 1. The number of rotatable bonds is 3. The number of amides is 2. The number of carbonyl (C=O) groups excluding carboxylic acids is 2. The van der Waals surface area contributed by atoms with Gasteiger partial charge in [-0.25, -0.2) is 9.97 Å². The van der Waals surface area contributed by atoms with Crippen LogP contribution in [-0.2, 0) is 4.79 Å². The lowest BCUT2D eigenvalue weighted by molar-refractivity contribution is -0.137. The largest absolute Gasteiger partial charge is 0.369 e. The molecule has 30 heavy (non-hydrogen) atoms. The van der Waals surface area contributed by atoms with E-state index in [2.05, 4.69) is 33.6 Å². The summed E-state index contributed by atoms with van der Waals surface area (Å²) in [6, 6.07) is 9.11. The van der Waals surface area contributed by atoms with Gasteiger partial charge < -0.3 is 20.6 Å². The number of nitrogens with zero attached hydrogens (tertiary/aromatic N) is 4. The molecule has 2 fully saturated rings. The van der Waals surface area contributed by atoms with Crippen LogP contribution in [0.25, 0.3) is 11.4 Å². The molecule has 2 aromatic rings. The first-order valence-electron chi connectivity index (χ1n) is 9.84. The molecule has 4 rings (SSSR count). The van der Waals surface area contributed by atoms with Crippen LogP contribution in [0.15, 0.2) is 30.3 Å². The molecule has 154 valence electrons. The Morgan fingerprint density at radius 1 is 1.30 bits per heavy atom. The van der Waals surface area contributed by atoms with Crippen molar-refractivity contribution in [2.45, 2.75) is 31.4 Å². The Morgan fingerprint density at radius 2 is 2.10 bits per heavy atom. The average Bonchev–Trinajstić information content (AvgIpc) is 2.99. The summed E-state index contributed by atoms with van der Waals surface area (Å²) in [5.41, 5.74) is 5.24. The number of nitrogens with two attached hydrogens (primary N) is 1. The summed E-state index contributed by atoms with van der Waals surface area (Å²) in [5.74, 6) is 5.63. The van der Waals surface area contributed by atoms with Crippen molar-refractivity contribution in [1.29, 1.82) is 0 Å². The highest BCUT2D eigenvalue weighted by Crippen LogP contribution is 2.27. The molecule has 3 N–H and O–H groups in total. The summed E-state index contributed by atoms with van der Waals surface area (Å²) < 4.78 is 0. The fourth-order valence-electron chi connectivity index (χ4n) is 3.57. The molecule has 8 nitrogen and oxygen atoms in total. The van der Waals surface area contributed by atoms with Gasteiger partial charge in [-0.3, -0.25) is 9.59 Å². The van der Waals surface area contributed by atoms with Crippen LogP contribution >= 0.6 is 0 Å². The third kappa shape index (κ3) is 3.60. The van der Waals surface area contributed by atoms with E-state index in [4.69, 9.17) is 5.73 Å². The van der Waals surface area contributed by atoms with Crippen molar-refractivity contribution in [2.75, 3.05) is 25.0 Å². The standard InChI is InChI=1S/C22H23N5O3/c1-14-7-10-27(14)18-13-17(19(23)28)24-20(25-18)16-5-3-4-15(12-16)6-8-22(30)9-11-26(2)21(22)29/h3-5,12-14,30H,7,9-11H2,1-2H3,(H2,23,28). The Bertz CT molecular complexity index is 1090. The van der Waals surface area contributed by atoms with E-state index in [1.54, 1.807) is 31.3 Å². The molecule has 0 aliphatic carbocycles. The molecule has 2 atom stereocenters. The Hall–Kier alpha value is -3.44. The van der Waals surface area contributed by atoms with Crippen LogP contribution in [0.2, 0.25) is 0 Å². The van der Waals surface area contributed by atoms with E-state index in [1.807, 2.05) is 6.07 Å². The van der Waals surface area contributed by atoms with Crippen LogP contribution in [0.3, 0.4) is 0 Å². The molecular weight excluding hydrogens is 382 g/mol. The number of benzene rings is 1. The molecule has 2 aliphatic rings. The van der Waals surface area contributed by atoms with Crippen LogP contribution < -0.4 is 10.6 Å². The van der Waals surface area contributed by atoms with E-state index in [1.165, 1.54) is 4.90 Å². The van der Waals surface area contributed by atoms with Gasteiger partial charge in [0.2, 0.25) is 5.60 Å². The minimum atomic E-state index is -1.66. The molecular formula is C22H23N5O3. The van der Waals surface area contributed by atoms with Crippen molar-refractivity contribution in [3.63, 3.8) is 0 Å². The van der Waals surface area contributed by atoms with Crippen molar-refractivity contribution in [2.24, 2.45) is 5.73 Å². The Labute approximate surface area is 174 Å². The molecule has 2 amide bonds. The van der Waals surface area contributed by atoms with Gasteiger partial charge in [-0.1, -0.05) is 24.0 Å². The minimum Gasteiger partial charge on any atom is -0.369 e. The molecule has 0 bridgehead atoms. The van der Waals surface area contributed by atoms with Gasteiger partial charge in [-0.2, -0.15) is 0 Å². The van der Waals surface area contributed by atoms with Crippen LogP contribution in [0.1, 0.15) is 35.8 Å². The maximum Gasteiger partial charge on any atom is 0.267 e. The van der Waals surface area contributed by atoms with Gasteiger partial charge in [-0.15, -0.1) is 0 Å². The summed E-state index contributed by atoms with van der Waals surface area (Å²) in [6.45, 7) is 3.43. The van der Waals surface area contributed by atoms with E-state index in [-0.39, 0.29) is 12.1 Å².